The molecule has 0 aliphatic carbocycles. The highest BCUT2D eigenvalue weighted by Gasteiger charge is 2.18. The summed E-state index contributed by atoms with van der Waals surface area (Å²) in [5.41, 5.74) is 11.6. The number of para-hydroxylation sites is 3. The van der Waals surface area contributed by atoms with Crippen LogP contribution in [-0.4, -0.2) is 9.13 Å². The summed E-state index contributed by atoms with van der Waals surface area (Å²) in [5, 5.41) is 24.5. The third kappa shape index (κ3) is 4.22. The highest BCUT2D eigenvalue weighted by Crippen LogP contribution is 2.40. The molecule has 2 heterocycles. The molecular weight excluding hydrogens is 585 g/mol. The number of benzene rings is 7. The minimum absolute atomic E-state index is 0.573. The summed E-state index contributed by atoms with van der Waals surface area (Å²) in [6.07, 6.45) is 0. The number of aromatic nitrogens is 2. The van der Waals surface area contributed by atoms with E-state index in [4.69, 9.17) is 0 Å². The first-order chi connectivity index (χ1) is 23.7. The average molecular weight is 611 g/mol. The normalized spacial score (nSPS) is 11.3. The molecule has 0 aliphatic rings. The molecule has 0 saturated heterocycles. The maximum atomic E-state index is 10.4. The summed E-state index contributed by atoms with van der Waals surface area (Å²) in [5.74, 6) is 0. The van der Waals surface area contributed by atoms with Gasteiger partial charge in [-0.05, 0) is 89.0 Å². The van der Waals surface area contributed by atoms with Gasteiger partial charge >= 0.3 is 0 Å². The van der Waals surface area contributed by atoms with Crippen molar-refractivity contribution in [2.45, 2.75) is 0 Å². The second kappa shape index (κ2) is 10.9. The number of hydrogen-bond acceptors (Lipinski definition) is 2. The second-order valence-electron chi connectivity index (χ2n) is 12.0. The largest absolute Gasteiger partial charge is 0.309 e. The molecule has 0 amide bonds. The molecule has 4 nitrogen and oxygen atoms in total. The fraction of sp³-hybridized carbons (Fsp3) is 0. The number of nitrogens with zero attached hydrogens (tertiary/aromatic N) is 4. The van der Waals surface area contributed by atoms with Gasteiger partial charge in [0.05, 0.1) is 45.3 Å². The molecular formula is C44H26N4. The topological polar surface area (TPSA) is 57.4 Å². The lowest BCUT2D eigenvalue weighted by atomic mass is 9.92. The molecule has 9 rings (SSSR count). The summed E-state index contributed by atoms with van der Waals surface area (Å²) in [6.45, 7) is 0. The zero-order valence-electron chi connectivity index (χ0n) is 25.8. The number of rotatable bonds is 4. The molecule has 0 atom stereocenters. The van der Waals surface area contributed by atoms with Crippen LogP contribution in [0, 0.1) is 22.7 Å². The molecule has 48 heavy (non-hydrogen) atoms. The summed E-state index contributed by atoms with van der Waals surface area (Å²) in [7, 11) is 0. The Bertz CT molecular complexity index is 2750. The van der Waals surface area contributed by atoms with Gasteiger partial charge in [-0.2, -0.15) is 10.5 Å². The first-order valence-electron chi connectivity index (χ1n) is 15.9. The maximum absolute atomic E-state index is 10.4. The van der Waals surface area contributed by atoms with E-state index in [1.165, 1.54) is 10.8 Å². The van der Waals surface area contributed by atoms with Crippen molar-refractivity contribution in [3.63, 3.8) is 0 Å². The van der Waals surface area contributed by atoms with E-state index in [-0.39, 0.29) is 0 Å². The van der Waals surface area contributed by atoms with E-state index in [2.05, 4.69) is 130 Å². The third-order valence-corrected chi connectivity index (χ3v) is 9.34. The van der Waals surface area contributed by atoms with E-state index in [1.54, 1.807) is 0 Å². The Balaban J connectivity index is 1.34. The SMILES string of the molecule is N#Cc1cc(-c2cc(-n3c4ccccc4c4ccccc43)ccc2-c2ccccc2)cc(-n2c3ccccc3c3cc(C#N)ccc32)c1. The van der Waals surface area contributed by atoms with Gasteiger partial charge in [-0.3, -0.25) is 0 Å². The summed E-state index contributed by atoms with van der Waals surface area (Å²) >= 11 is 0. The van der Waals surface area contributed by atoms with Crippen molar-refractivity contribution in [1.29, 1.82) is 10.5 Å². The maximum Gasteiger partial charge on any atom is 0.0992 e. The van der Waals surface area contributed by atoms with Crippen LogP contribution in [0.2, 0.25) is 0 Å². The minimum atomic E-state index is 0.573. The molecule has 0 bridgehead atoms. The van der Waals surface area contributed by atoms with Gasteiger partial charge in [0.15, 0.2) is 0 Å². The molecule has 0 unspecified atom stereocenters. The fourth-order valence-corrected chi connectivity index (χ4v) is 7.26. The van der Waals surface area contributed by atoms with Crippen LogP contribution in [0.5, 0.6) is 0 Å². The van der Waals surface area contributed by atoms with Crippen molar-refractivity contribution in [2.24, 2.45) is 0 Å². The molecule has 2 aromatic heterocycles. The number of hydrogen-bond donors (Lipinski definition) is 0. The van der Waals surface area contributed by atoms with Gasteiger partial charge in [-0.1, -0.05) is 91.0 Å². The Morgan fingerprint density at radius 2 is 0.917 bits per heavy atom. The van der Waals surface area contributed by atoms with Crippen molar-refractivity contribution < 1.29 is 0 Å². The molecule has 0 aliphatic heterocycles. The predicted octanol–water partition coefficient (Wildman–Crippen LogP) is 11.0. The van der Waals surface area contributed by atoms with Crippen molar-refractivity contribution in [1.82, 2.24) is 9.13 Å². The van der Waals surface area contributed by atoms with Gasteiger partial charge in [0, 0.05) is 32.9 Å². The van der Waals surface area contributed by atoms with Gasteiger partial charge in [0.25, 0.3) is 0 Å². The summed E-state index contributed by atoms with van der Waals surface area (Å²) in [4.78, 5) is 0. The van der Waals surface area contributed by atoms with Crippen molar-refractivity contribution >= 4 is 43.6 Å². The molecule has 0 fully saturated rings. The quantitative estimate of drug-likeness (QED) is 0.199. The van der Waals surface area contributed by atoms with E-state index in [0.29, 0.717) is 11.1 Å². The average Bonchev–Trinajstić information content (AvgIpc) is 3.67. The Morgan fingerprint density at radius 1 is 0.354 bits per heavy atom. The molecule has 7 aromatic carbocycles. The smallest absolute Gasteiger partial charge is 0.0992 e. The van der Waals surface area contributed by atoms with E-state index in [1.807, 2.05) is 48.5 Å². The standard InChI is InChI=1S/C44H26N4/c45-27-29-18-21-44-40(24-29)38-14-6-9-17-43(38)48(44)34-23-30(28-46)22-32(25-34)39-26-33(19-20-35(39)31-10-2-1-3-11-31)47-41-15-7-4-12-36(41)37-13-5-8-16-42(37)47/h1-26H. The van der Waals surface area contributed by atoms with Gasteiger partial charge < -0.3 is 9.13 Å². The first-order valence-corrected chi connectivity index (χ1v) is 15.9. The fourth-order valence-electron chi connectivity index (χ4n) is 7.26. The molecule has 9 aromatic rings. The number of nitriles is 2. The van der Waals surface area contributed by atoms with E-state index in [9.17, 15) is 10.5 Å². The Hall–Kier alpha value is -6.88. The van der Waals surface area contributed by atoms with Crippen LogP contribution in [0.3, 0.4) is 0 Å². The lowest BCUT2D eigenvalue weighted by Gasteiger charge is -2.17. The van der Waals surface area contributed by atoms with Crippen molar-refractivity contribution in [2.75, 3.05) is 0 Å². The highest BCUT2D eigenvalue weighted by molar-refractivity contribution is 6.10. The summed E-state index contributed by atoms with van der Waals surface area (Å²) < 4.78 is 4.53. The van der Waals surface area contributed by atoms with Crippen LogP contribution in [0.1, 0.15) is 11.1 Å². The van der Waals surface area contributed by atoms with E-state index in [0.717, 1.165) is 66.5 Å². The molecule has 0 radical (unpaired) electrons. The lowest BCUT2D eigenvalue weighted by Crippen LogP contribution is -1.98. The Kier molecular flexibility index (Phi) is 6.22. The lowest BCUT2D eigenvalue weighted by molar-refractivity contribution is 1.17. The molecule has 4 heteroatoms. The molecule has 0 saturated carbocycles. The highest BCUT2D eigenvalue weighted by atomic mass is 15.0. The van der Waals surface area contributed by atoms with Gasteiger partial charge in [-0.15, -0.1) is 0 Å². The van der Waals surface area contributed by atoms with Gasteiger partial charge in [0.1, 0.15) is 0 Å². The number of fused-ring (bicyclic) bond motifs is 6. The second-order valence-corrected chi connectivity index (χ2v) is 12.0. The van der Waals surface area contributed by atoms with Crippen LogP contribution in [0.15, 0.2) is 158 Å². The van der Waals surface area contributed by atoms with Crippen LogP contribution in [0.4, 0.5) is 0 Å². The van der Waals surface area contributed by atoms with Crippen LogP contribution < -0.4 is 0 Å². The van der Waals surface area contributed by atoms with E-state index < -0.39 is 0 Å². The minimum Gasteiger partial charge on any atom is -0.309 e. The Labute approximate surface area is 277 Å². The molecule has 222 valence electrons. The summed E-state index contributed by atoms with van der Waals surface area (Å²) in [6, 6.07) is 59.0. The van der Waals surface area contributed by atoms with E-state index >= 15 is 0 Å². The van der Waals surface area contributed by atoms with Gasteiger partial charge in [0.2, 0.25) is 0 Å². The van der Waals surface area contributed by atoms with Crippen molar-refractivity contribution in [3.05, 3.63) is 169 Å². The molecule has 0 N–H and O–H groups in total. The van der Waals surface area contributed by atoms with Crippen LogP contribution >= 0.6 is 0 Å². The first kappa shape index (κ1) is 27.4. The van der Waals surface area contributed by atoms with Crippen molar-refractivity contribution in [3.8, 4) is 45.8 Å². The Morgan fingerprint density at radius 3 is 1.56 bits per heavy atom. The zero-order valence-corrected chi connectivity index (χ0v) is 25.8. The third-order valence-electron chi connectivity index (χ3n) is 9.34. The van der Waals surface area contributed by atoms with Gasteiger partial charge in [-0.25, -0.2) is 0 Å². The monoisotopic (exact) mass is 610 g/mol. The predicted molar refractivity (Wildman–Crippen MR) is 195 cm³/mol. The van der Waals surface area contributed by atoms with Crippen LogP contribution in [-0.2, 0) is 0 Å². The zero-order chi connectivity index (χ0) is 32.2. The molecule has 0 spiro atoms. The van der Waals surface area contributed by atoms with Crippen LogP contribution in [0.25, 0.3) is 77.2 Å².